The van der Waals surface area contributed by atoms with Crippen molar-refractivity contribution >= 4 is 17.6 Å². The first-order chi connectivity index (χ1) is 12.3. The Hall–Kier alpha value is -2.82. The summed E-state index contributed by atoms with van der Waals surface area (Å²) in [6, 6.07) is 15.0. The molecular formula is C21H27N3O2. The van der Waals surface area contributed by atoms with Crippen molar-refractivity contribution in [2.75, 3.05) is 18.9 Å². The predicted octanol–water partition coefficient (Wildman–Crippen LogP) is 3.71. The Morgan fingerprint density at radius 3 is 2.23 bits per heavy atom. The van der Waals surface area contributed by atoms with E-state index in [9.17, 15) is 9.59 Å². The molecule has 0 atom stereocenters. The predicted molar refractivity (Wildman–Crippen MR) is 106 cm³/mol. The van der Waals surface area contributed by atoms with Gasteiger partial charge in [-0.2, -0.15) is 0 Å². The third-order valence-electron chi connectivity index (χ3n) is 4.17. The first-order valence-electron chi connectivity index (χ1n) is 8.76. The second-order valence-corrected chi connectivity index (χ2v) is 7.20. The summed E-state index contributed by atoms with van der Waals surface area (Å²) >= 11 is 0. The molecule has 0 unspecified atom stereocenters. The minimum atomic E-state index is -0.326. The highest BCUT2D eigenvalue weighted by molar-refractivity contribution is 6.03. The highest BCUT2D eigenvalue weighted by Gasteiger charge is 2.13. The Kier molecular flexibility index (Phi) is 6.39. The smallest absolute Gasteiger partial charge is 0.319 e. The number of nitrogens with one attached hydrogen (secondary N) is 3. The highest BCUT2D eigenvalue weighted by Crippen LogP contribution is 2.22. The molecular weight excluding hydrogens is 326 g/mol. The highest BCUT2D eigenvalue weighted by atomic mass is 16.2. The molecule has 0 aliphatic heterocycles. The number of para-hydroxylation sites is 1. The second-order valence-electron chi connectivity index (χ2n) is 7.20. The Morgan fingerprint density at radius 1 is 0.962 bits per heavy atom. The van der Waals surface area contributed by atoms with E-state index in [1.807, 2.05) is 0 Å². The summed E-state index contributed by atoms with van der Waals surface area (Å²) in [5.41, 5.74) is 3.51. The minimum absolute atomic E-state index is 0.134. The molecule has 0 saturated heterocycles. The van der Waals surface area contributed by atoms with Gasteiger partial charge in [-0.1, -0.05) is 57.2 Å². The van der Waals surface area contributed by atoms with E-state index in [1.165, 1.54) is 11.1 Å². The zero-order valence-corrected chi connectivity index (χ0v) is 15.8. The summed E-state index contributed by atoms with van der Waals surface area (Å²) in [6.45, 7) is 7.07. The van der Waals surface area contributed by atoms with Crippen LogP contribution in [0.5, 0.6) is 0 Å². The van der Waals surface area contributed by atoms with Crippen molar-refractivity contribution in [3.63, 3.8) is 0 Å². The van der Waals surface area contributed by atoms with E-state index >= 15 is 0 Å². The first-order valence-corrected chi connectivity index (χ1v) is 8.76. The molecule has 2 aromatic rings. The van der Waals surface area contributed by atoms with E-state index in [1.54, 1.807) is 31.3 Å². The Labute approximate surface area is 155 Å². The normalized spacial score (nSPS) is 10.9. The number of anilines is 1. The average Bonchev–Trinajstić information content (AvgIpc) is 2.61. The summed E-state index contributed by atoms with van der Waals surface area (Å²) in [6.07, 6.45) is 0.745. The van der Waals surface area contributed by atoms with Crippen LogP contribution in [0.15, 0.2) is 48.5 Å². The van der Waals surface area contributed by atoms with Gasteiger partial charge < -0.3 is 16.0 Å². The molecule has 2 aromatic carbocycles. The quantitative estimate of drug-likeness (QED) is 0.767. The molecule has 5 heteroatoms. The van der Waals surface area contributed by atoms with Gasteiger partial charge in [-0.15, -0.1) is 0 Å². The molecule has 138 valence electrons. The van der Waals surface area contributed by atoms with Gasteiger partial charge in [0.1, 0.15) is 0 Å². The lowest BCUT2D eigenvalue weighted by Gasteiger charge is -2.19. The Bertz CT molecular complexity index is 762. The molecule has 0 spiro atoms. The summed E-state index contributed by atoms with van der Waals surface area (Å²) in [7, 11) is 1.56. The van der Waals surface area contributed by atoms with Gasteiger partial charge in [0.25, 0.3) is 5.91 Å². The minimum Gasteiger partial charge on any atom is -0.355 e. The Morgan fingerprint density at radius 2 is 1.62 bits per heavy atom. The summed E-state index contributed by atoms with van der Waals surface area (Å²) in [4.78, 5) is 23.9. The third kappa shape index (κ3) is 5.34. The average molecular weight is 353 g/mol. The van der Waals surface area contributed by atoms with E-state index in [0.717, 1.165) is 6.42 Å². The molecule has 26 heavy (non-hydrogen) atoms. The van der Waals surface area contributed by atoms with Crippen molar-refractivity contribution in [1.29, 1.82) is 0 Å². The van der Waals surface area contributed by atoms with Gasteiger partial charge in [0.2, 0.25) is 0 Å². The molecule has 5 nitrogen and oxygen atoms in total. The van der Waals surface area contributed by atoms with Crippen LogP contribution in [0.3, 0.4) is 0 Å². The van der Waals surface area contributed by atoms with Gasteiger partial charge in [0.05, 0.1) is 11.3 Å². The van der Waals surface area contributed by atoms with Gasteiger partial charge in [-0.25, -0.2) is 4.79 Å². The van der Waals surface area contributed by atoms with Crippen molar-refractivity contribution in [3.05, 3.63) is 65.2 Å². The van der Waals surface area contributed by atoms with Crippen LogP contribution in [0.2, 0.25) is 0 Å². The van der Waals surface area contributed by atoms with Gasteiger partial charge in [0, 0.05) is 13.6 Å². The molecule has 0 aliphatic carbocycles. The SMILES string of the molecule is CNC(=O)c1ccccc1NC(=O)NCCc1ccc(C(C)(C)C)cc1. The summed E-state index contributed by atoms with van der Waals surface area (Å²) < 4.78 is 0. The van der Waals surface area contributed by atoms with Crippen molar-refractivity contribution in [2.45, 2.75) is 32.6 Å². The maximum absolute atomic E-state index is 12.1. The van der Waals surface area contributed by atoms with Crippen molar-refractivity contribution in [3.8, 4) is 0 Å². The van der Waals surface area contributed by atoms with Gasteiger partial charge >= 0.3 is 6.03 Å². The van der Waals surface area contributed by atoms with Crippen LogP contribution in [-0.2, 0) is 11.8 Å². The molecule has 0 bridgehead atoms. The lowest BCUT2D eigenvalue weighted by atomic mass is 9.86. The van der Waals surface area contributed by atoms with Crippen LogP contribution in [0, 0.1) is 0 Å². The second kappa shape index (κ2) is 8.52. The van der Waals surface area contributed by atoms with Crippen LogP contribution in [0.4, 0.5) is 10.5 Å². The van der Waals surface area contributed by atoms with Crippen LogP contribution < -0.4 is 16.0 Å². The van der Waals surface area contributed by atoms with E-state index in [4.69, 9.17) is 0 Å². The van der Waals surface area contributed by atoms with E-state index in [0.29, 0.717) is 17.8 Å². The van der Waals surface area contributed by atoms with Crippen molar-refractivity contribution in [2.24, 2.45) is 0 Å². The van der Waals surface area contributed by atoms with E-state index in [2.05, 4.69) is 61.0 Å². The molecule has 2 rings (SSSR count). The molecule has 0 heterocycles. The number of urea groups is 1. The van der Waals surface area contributed by atoms with Crippen LogP contribution in [0.25, 0.3) is 0 Å². The van der Waals surface area contributed by atoms with Gasteiger partial charge in [-0.3, -0.25) is 4.79 Å². The maximum atomic E-state index is 12.1. The topological polar surface area (TPSA) is 70.2 Å². The fourth-order valence-corrected chi connectivity index (χ4v) is 2.58. The monoisotopic (exact) mass is 353 g/mol. The summed E-state index contributed by atoms with van der Waals surface area (Å²) in [5, 5.41) is 8.12. The molecule has 3 N–H and O–H groups in total. The van der Waals surface area contributed by atoms with Crippen molar-refractivity contribution < 1.29 is 9.59 Å². The lowest BCUT2D eigenvalue weighted by molar-refractivity contribution is 0.0964. The molecule has 0 aromatic heterocycles. The standard InChI is InChI=1S/C21H27N3O2/c1-21(2,3)16-11-9-15(10-12-16)13-14-23-20(26)24-18-8-6-5-7-17(18)19(25)22-4/h5-12H,13-14H2,1-4H3,(H,22,25)(H2,23,24,26). The zero-order valence-electron chi connectivity index (χ0n) is 15.8. The largest absolute Gasteiger partial charge is 0.355 e. The molecule has 0 saturated carbocycles. The number of carbonyl (C=O) groups excluding carboxylic acids is 2. The zero-order chi connectivity index (χ0) is 19.2. The Balaban J connectivity index is 1.87. The molecule has 0 fully saturated rings. The molecule has 0 aliphatic rings. The van der Waals surface area contributed by atoms with E-state index in [-0.39, 0.29) is 17.4 Å². The first kappa shape index (κ1) is 19.5. The molecule has 3 amide bonds. The summed E-state index contributed by atoms with van der Waals surface area (Å²) in [5.74, 6) is -0.236. The van der Waals surface area contributed by atoms with Crippen LogP contribution in [0.1, 0.15) is 42.3 Å². The maximum Gasteiger partial charge on any atom is 0.319 e. The number of benzene rings is 2. The fraction of sp³-hybridized carbons (Fsp3) is 0.333. The number of hydrogen-bond donors (Lipinski definition) is 3. The van der Waals surface area contributed by atoms with Crippen molar-refractivity contribution in [1.82, 2.24) is 10.6 Å². The fourth-order valence-electron chi connectivity index (χ4n) is 2.58. The van der Waals surface area contributed by atoms with Crippen LogP contribution in [-0.4, -0.2) is 25.5 Å². The van der Waals surface area contributed by atoms with E-state index < -0.39 is 0 Å². The number of rotatable bonds is 5. The van der Waals surface area contributed by atoms with Gasteiger partial charge in [0.15, 0.2) is 0 Å². The van der Waals surface area contributed by atoms with Gasteiger partial charge in [-0.05, 0) is 35.1 Å². The van der Waals surface area contributed by atoms with Crippen LogP contribution >= 0.6 is 0 Å². The number of carbonyl (C=O) groups is 2. The number of hydrogen-bond acceptors (Lipinski definition) is 2. The lowest BCUT2D eigenvalue weighted by Crippen LogP contribution is -2.31. The third-order valence-corrected chi connectivity index (χ3v) is 4.17. The molecule has 0 radical (unpaired) electrons. The number of amides is 3.